The SMILES string of the molecule is CCOCCn1ccc2cc(C#N)ccc21. The summed E-state index contributed by atoms with van der Waals surface area (Å²) in [6, 6.07) is 9.92. The van der Waals surface area contributed by atoms with E-state index in [1.807, 2.05) is 37.4 Å². The highest BCUT2D eigenvalue weighted by molar-refractivity contribution is 5.81. The van der Waals surface area contributed by atoms with Crippen LogP contribution in [0.15, 0.2) is 30.5 Å². The van der Waals surface area contributed by atoms with Crippen molar-refractivity contribution in [1.82, 2.24) is 4.57 Å². The molecule has 16 heavy (non-hydrogen) atoms. The Balaban J connectivity index is 2.25. The molecule has 2 rings (SSSR count). The quantitative estimate of drug-likeness (QED) is 0.733. The first-order valence-corrected chi connectivity index (χ1v) is 5.42. The summed E-state index contributed by atoms with van der Waals surface area (Å²) < 4.78 is 7.47. The van der Waals surface area contributed by atoms with Gasteiger partial charge in [-0.2, -0.15) is 5.26 Å². The van der Waals surface area contributed by atoms with E-state index in [2.05, 4.69) is 10.6 Å². The third kappa shape index (κ3) is 2.07. The lowest BCUT2D eigenvalue weighted by Crippen LogP contribution is -2.04. The van der Waals surface area contributed by atoms with Crippen LogP contribution in [0, 0.1) is 11.3 Å². The van der Waals surface area contributed by atoms with Gasteiger partial charge in [-0.3, -0.25) is 0 Å². The Hall–Kier alpha value is -1.79. The van der Waals surface area contributed by atoms with Crippen LogP contribution in [0.4, 0.5) is 0 Å². The molecule has 0 saturated carbocycles. The summed E-state index contributed by atoms with van der Waals surface area (Å²) in [4.78, 5) is 0. The van der Waals surface area contributed by atoms with Crippen LogP contribution in [0.1, 0.15) is 12.5 Å². The van der Waals surface area contributed by atoms with Crippen molar-refractivity contribution in [2.75, 3.05) is 13.2 Å². The Bertz CT molecular complexity index is 522. The molecule has 1 aromatic carbocycles. The third-order valence-electron chi connectivity index (χ3n) is 2.58. The van der Waals surface area contributed by atoms with E-state index in [0.29, 0.717) is 5.56 Å². The van der Waals surface area contributed by atoms with Gasteiger partial charge in [-0.15, -0.1) is 0 Å². The van der Waals surface area contributed by atoms with Crippen LogP contribution >= 0.6 is 0 Å². The largest absolute Gasteiger partial charge is 0.380 e. The summed E-state index contributed by atoms with van der Waals surface area (Å²) in [7, 11) is 0. The van der Waals surface area contributed by atoms with Crippen LogP contribution in [0.25, 0.3) is 10.9 Å². The van der Waals surface area contributed by atoms with Crippen molar-refractivity contribution < 1.29 is 4.74 Å². The molecule has 82 valence electrons. The second-order valence-electron chi connectivity index (χ2n) is 3.59. The van der Waals surface area contributed by atoms with E-state index >= 15 is 0 Å². The van der Waals surface area contributed by atoms with Crippen LogP contribution in [0.5, 0.6) is 0 Å². The van der Waals surface area contributed by atoms with E-state index in [-0.39, 0.29) is 0 Å². The molecular weight excluding hydrogens is 200 g/mol. The highest BCUT2D eigenvalue weighted by Gasteiger charge is 2.01. The number of nitrogens with zero attached hydrogens (tertiary/aromatic N) is 2. The molecule has 3 nitrogen and oxygen atoms in total. The van der Waals surface area contributed by atoms with Gasteiger partial charge in [-0.05, 0) is 31.2 Å². The van der Waals surface area contributed by atoms with E-state index in [1.54, 1.807) is 0 Å². The van der Waals surface area contributed by atoms with Gasteiger partial charge in [0.25, 0.3) is 0 Å². The molecule has 0 atom stereocenters. The van der Waals surface area contributed by atoms with E-state index in [9.17, 15) is 0 Å². The van der Waals surface area contributed by atoms with Crippen molar-refractivity contribution in [3.8, 4) is 6.07 Å². The first-order valence-electron chi connectivity index (χ1n) is 5.42. The van der Waals surface area contributed by atoms with Gasteiger partial charge in [0.05, 0.1) is 18.2 Å². The van der Waals surface area contributed by atoms with Gasteiger partial charge >= 0.3 is 0 Å². The van der Waals surface area contributed by atoms with Crippen molar-refractivity contribution in [3.05, 3.63) is 36.0 Å². The van der Waals surface area contributed by atoms with Crippen LogP contribution < -0.4 is 0 Å². The molecule has 0 aliphatic rings. The van der Waals surface area contributed by atoms with Gasteiger partial charge in [-0.1, -0.05) is 0 Å². The molecule has 0 spiro atoms. The highest BCUT2D eigenvalue weighted by Crippen LogP contribution is 2.17. The standard InChI is InChI=1S/C13H14N2O/c1-2-16-8-7-15-6-5-12-9-11(10-14)3-4-13(12)15/h3-6,9H,2,7-8H2,1H3. The molecule has 0 fully saturated rings. The van der Waals surface area contributed by atoms with E-state index in [0.717, 1.165) is 30.7 Å². The third-order valence-corrected chi connectivity index (χ3v) is 2.58. The molecule has 0 aliphatic carbocycles. The summed E-state index contributed by atoms with van der Waals surface area (Å²) in [5, 5.41) is 9.91. The normalized spacial score (nSPS) is 10.5. The summed E-state index contributed by atoms with van der Waals surface area (Å²) in [5.74, 6) is 0. The fourth-order valence-electron chi connectivity index (χ4n) is 1.77. The molecule has 0 aliphatic heterocycles. The molecule has 0 saturated heterocycles. The van der Waals surface area contributed by atoms with Crippen LogP contribution in [0.2, 0.25) is 0 Å². The zero-order valence-corrected chi connectivity index (χ0v) is 9.31. The Kier molecular flexibility index (Phi) is 3.23. The Morgan fingerprint density at radius 3 is 3.00 bits per heavy atom. The van der Waals surface area contributed by atoms with Gasteiger partial charge in [0, 0.05) is 30.3 Å². The maximum atomic E-state index is 8.80. The smallest absolute Gasteiger partial charge is 0.0991 e. The molecular formula is C13H14N2O. The number of fused-ring (bicyclic) bond motifs is 1. The lowest BCUT2D eigenvalue weighted by atomic mass is 10.2. The lowest BCUT2D eigenvalue weighted by Gasteiger charge is -2.05. The first kappa shape index (κ1) is 10.7. The van der Waals surface area contributed by atoms with E-state index in [1.165, 1.54) is 0 Å². The molecule has 0 amide bonds. The average Bonchev–Trinajstić information content (AvgIpc) is 2.72. The number of hydrogen-bond acceptors (Lipinski definition) is 2. The van der Waals surface area contributed by atoms with Crippen molar-refractivity contribution in [2.45, 2.75) is 13.5 Å². The Labute approximate surface area is 94.9 Å². The maximum absolute atomic E-state index is 8.80. The van der Waals surface area contributed by atoms with Gasteiger partial charge in [0.15, 0.2) is 0 Å². The van der Waals surface area contributed by atoms with Gasteiger partial charge in [0.1, 0.15) is 0 Å². The van der Waals surface area contributed by atoms with Gasteiger partial charge in [-0.25, -0.2) is 0 Å². The number of nitriles is 1. The molecule has 0 bridgehead atoms. The number of aromatic nitrogens is 1. The van der Waals surface area contributed by atoms with E-state index in [4.69, 9.17) is 10.00 Å². The first-order chi connectivity index (χ1) is 7.85. The second kappa shape index (κ2) is 4.82. The van der Waals surface area contributed by atoms with Crippen LogP contribution in [0.3, 0.4) is 0 Å². The number of hydrogen-bond donors (Lipinski definition) is 0. The summed E-state index contributed by atoms with van der Waals surface area (Å²) in [5.41, 5.74) is 1.86. The van der Waals surface area contributed by atoms with Gasteiger partial charge < -0.3 is 9.30 Å². The van der Waals surface area contributed by atoms with Gasteiger partial charge in [0.2, 0.25) is 0 Å². The summed E-state index contributed by atoms with van der Waals surface area (Å²) >= 11 is 0. The number of rotatable bonds is 4. The fraction of sp³-hybridized carbons (Fsp3) is 0.308. The second-order valence-corrected chi connectivity index (χ2v) is 3.59. The van der Waals surface area contributed by atoms with Crippen LogP contribution in [-0.2, 0) is 11.3 Å². The minimum atomic E-state index is 0.704. The summed E-state index contributed by atoms with van der Waals surface area (Å²) in [6.07, 6.45) is 2.03. The number of ether oxygens (including phenoxy) is 1. The predicted octanol–water partition coefficient (Wildman–Crippen LogP) is 2.55. The van der Waals surface area contributed by atoms with Crippen molar-refractivity contribution in [2.24, 2.45) is 0 Å². The molecule has 1 aromatic heterocycles. The van der Waals surface area contributed by atoms with Crippen molar-refractivity contribution >= 4 is 10.9 Å². The molecule has 0 radical (unpaired) electrons. The Morgan fingerprint density at radius 1 is 1.38 bits per heavy atom. The predicted molar refractivity (Wildman–Crippen MR) is 63.1 cm³/mol. The minimum absolute atomic E-state index is 0.704. The van der Waals surface area contributed by atoms with Crippen LogP contribution in [-0.4, -0.2) is 17.8 Å². The minimum Gasteiger partial charge on any atom is -0.380 e. The summed E-state index contributed by atoms with van der Waals surface area (Å²) in [6.45, 7) is 4.31. The molecule has 0 unspecified atom stereocenters. The Morgan fingerprint density at radius 2 is 2.25 bits per heavy atom. The molecule has 0 N–H and O–H groups in total. The van der Waals surface area contributed by atoms with Crippen molar-refractivity contribution in [1.29, 1.82) is 5.26 Å². The molecule has 3 heteroatoms. The molecule has 2 aromatic rings. The van der Waals surface area contributed by atoms with Crippen molar-refractivity contribution in [3.63, 3.8) is 0 Å². The highest BCUT2D eigenvalue weighted by atomic mass is 16.5. The fourth-order valence-corrected chi connectivity index (χ4v) is 1.77. The topological polar surface area (TPSA) is 38.0 Å². The zero-order chi connectivity index (χ0) is 11.4. The van der Waals surface area contributed by atoms with E-state index < -0.39 is 0 Å². The maximum Gasteiger partial charge on any atom is 0.0991 e. The average molecular weight is 214 g/mol. The zero-order valence-electron chi connectivity index (χ0n) is 9.31. The monoisotopic (exact) mass is 214 g/mol. The molecule has 1 heterocycles. The lowest BCUT2D eigenvalue weighted by molar-refractivity contribution is 0.140. The number of benzene rings is 1.